The molecule has 0 aromatic heterocycles. The maximum Gasteiger partial charge on any atom is 0.328 e. The van der Waals surface area contributed by atoms with E-state index < -0.39 is 6.04 Å². The lowest BCUT2D eigenvalue weighted by molar-refractivity contribution is -0.151. The molecule has 2 aliphatic heterocycles. The molecule has 2 heterocycles. The Bertz CT molecular complexity index is 801. The Morgan fingerprint density at radius 1 is 1.20 bits per heavy atom. The number of carbonyl (C=O) groups is 2. The van der Waals surface area contributed by atoms with E-state index >= 15 is 0 Å². The van der Waals surface area contributed by atoms with Gasteiger partial charge in [0.25, 0.3) is 5.91 Å². The quantitative estimate of drug-likeness (QED) is 0.637. The molecule has 1 amide bonds. The summed E-state index contributed by atoms with van der Waals surface area (Å²) in [6.07, 6.45) is 7.68. The summed E-state index contributed by atoms with van der Waals surface area (Å²) in [5.74, 6) is 1.84. The molecular weight excluding hydrogens is 386 g/mol. The van der Waals surface area contributed by atoms with Crippen LogP contribution in [0.15, 0.2) is 36.1 Å². The first-order valence-corrected chi connectivity index (χ1v) is 10.7. The Morgan fingerprint density at radius 2 is 1.97 bits per heavy atom. The van der Waals surface area contributed by atoms with E-state index in [0.717, 1.165) is 18.6 Å². The van der Waals surface area contributed by atoms with E-state index in [1.165, 1.54) is 32.4 Å². The molecule has 162 valence electrons. The molecule has 7 nitrogen and oxygen atoms in total. The second-order valence-electron chi connectivity index (χ2n) is 8.16. The monoisotopic (exact) mass is 415 g/mol. The zero-order chi connectivity index (χ0) is 20.9. The number of fused-ring (bicyclic) bond motifs is 1. The summed E-state index contributed by atoms with van der Waals surface area (Å²) in [4.78, 5) is 26.6. The van der Waals surface area contributed by atoms with Gasteiger partial charge in [0.05, 0.1) is 13.7 Å². The third-order valence-electron chi connectivity index (χ3n) is 6.05. The number of amides is 1. The minimum absolute atomic E-state index is 0.206. The zero-order valence-electron chi connectivity index (χ0n) is 17.4. The molecule has 3 aliphatic rings. The van der Waals surface area contributed by atoms with Gasteiger partial charge in [-0.15, -0.1) is 0 Å². The molecule has 30 heavy (non-hydrogen) atoms. The number of rotatable bonds is 7. The van der Waals surface area contributed by atoms with Crippen LogP contribution in [0.2, 0.25) is 0 Å². The van der Waals surface area contributed by atoms with Crippen molar-refractivity contribution in [2.45, 2.75) is 50.7 Å². The normalized spacial score (nSPS) is 22.4. The predicted octanol–water partition coefficient (Wildman–Crippen LogP) is 3.08. The molecule has 7 heteroatoms. The van der Waals surface area contributed by atoms with E-state index in [1.54, 1.807) is 4.90 Å². The van der Waals surface area contributed by atoms with Crippen LogP contribution in [0.3, 0.4) is 0 Å². The highest BCUT2D eigenvalue weighted by Gasteiger charge is 2.37. The Labute approximate surface area is 176 Å². The summed E-state index contributed by atoms with van der Waals surface area (Å²) in [5.41, 5.74) is 0. The summed E-state index contributed by atoms with van der Waals surface area (Å²) in [5, 5.41) is 0. The lowest BCUT2D eigenvalue weighted by atomic mass is 9.84. The first-order valence-electron chi connectivity index (χ1n) is 10.7. The molecule has 0 radical (unpaired) electrons. The molecule has 4 rings (SSSR count). The van der Waals surface area contributed by atoms with Crippen molar-refractivity contribution in [2.24, 2.45) is 5.92 Å². The highest BCUT2D eigenvalue weighted by Crippen LogP contribution is 2.32. The van der Waals surface area contributed by atoms with Crippen molar-refractivity contribution >= 4 is 11.9 Å². The number of carbonyl (C=O) groups excluding carboxylic acids is 2. The van der Waals surface area contributed by atoms with Gasteiger partial charge >= 0.3 is 5.97 Å². The van der Waals surface area contributed by atoms with Crippen LogP contribution in [0.25, 0.3) is 0 Å². The van der Waals surface area contributed by atoms with Gasteiger partial charge in [0, 0.05) is 6.08 Å². The number of benzene rings is 1. The van der Waals surface area contributed by atoms with Crippen LogP contribution in [0, 0.1) is 5.92 Å². The molecule has 0 saturated heterocycles. The fraction of sp³-hybridized carbons (Fsp3) is 0.565. The Balaban J connectivity index is 1.32. The molecule has 0 bridgehead atoms. The van der Waals surface area contributed by atoms with Gasteiger partial charge in [-0.2, -0.15) is 0 Å². The van der Waals surface area contributed by atoms with Gasteiger partial charge in [0.1, 0.15) is 25.0 Å². The molecule has 1 aromatic carbocycles. The second kappa shape index (κ2) is 9.41. The summed E-state index contributed by atoms with van der Waals surface area (Å²) in [6, 6.07) is 6.94. The minimum atomic E-state index is -0.566. The third-order valence-corrected chi connectivity index (χ3v) is 6.05. The highest BCUT2D eigenvalue weighted by molar-refractivity contribution is 5.94. The van der Waals surface area contributed by atoms with Gasteiger partial charge in [-0.3, -0.25) is 4.79 Å². The number of esters is 1. The van der Waals surface area contributed by atoms with Crippen molar-refractivity contribution in [3.8, 4) is 11.5 Å². The van der Waals surface area contributed by atoms with Crippen molar-refractivity contribution < 1.29 is 28.5 Å². The van der Waals surface area contributed by atoms with Gasteiger partial charge in [-0.05, 0) is 24.5 Å². The molecule has 2 atom stereocenters. The SMILES string of the molecule is COC(=O)[C@H](CC1CCCCC1)N1CC(OCC2COc3ccccc3O2)=CC1=O. The van der Waals surface area contributed by atoms with Gasteiger partial charge in [-0.1, -0.05) is 44.2 Å². The molecule has 1 unspecified atom stereocenters. The lowest BCUT2D eigenvalue weighted by Gasteiger charge is -2.31. The van der Waals surface area contributed by atoms with E-state index in [-0.39, 0.29) is 31.1 Å². The topological polar surface area (TPSA) is 74.3 Å². The smallest absolute Gasteiger partial charge is 0.328 e. The maximum atomic E-state index is 12.6. The number of hydrogen-bond acceptors (Lipinski definition) is 6. The molecular formula is C23H29NO6. The Kier molecular flexibility index (Phi) is 6.45. The first kappa shape index (κ1) is 20.6. The third kappa shape index (κ3) is 4.71. The van der Waals surface area contributed by atoms with Crippen LogP contribution < -0.4 is 9.47 Å². The number of ether oxygens (including phenoxy) is 4. The van der Waals surface area contributed by atoms with Gasteiger partial charge < -0.3 is 23.8 Å². The zero-order valence-corrected chi connectivity index (χ0v) is 17.4. The van der Waals surface area contributed by atoms with E-state index in [1.807, 2.05) is 24.3 Å². The van der Waals surface area contributed by atoms with Crippen LogP contribution >= 0.6 is 0 Å². The van der Waals surface area contributed by atoms with Crippen molar-refractivity contribution in [3.05, 3.63) is 36.1 Å². The molecule has 1 aliphatic carbocycles. The van der Waals surface area contributed by atoms with E-state index in [0.29, 0.717) is 30.5 Å². The van der Waals surface area contributed by atoms with Gasteiger partial charge in [0.2, 0.25) is 0 Å². The average Bonchev–Trinajstić information content (AvgIpc) is 3.16. The van der Waals surface area contributed by atoms with E-state index in [2.05, 4.69) is 0 Å². The number of para-hydroxylation sites is 2. The molecule has 0 spiro atoms. The first-order chi connectivity index (χ1) is 14.6. The van der Waals surface area contributed by atoms with Gasteiger partial charge in [-0.25, -0.2) is 4.79 Å². The second-order valence-corrected chi connectivity index (χ2v) is 8.16. The summed E-state index contributed by atoms with van der Waals surface area (Å²) >= 11 is 0. The van der Waals surface area contributed by atoms with Crippen molar-refractivity contribution in [3.63, 3.8) is 0 Å². The van der Waals surface area contributed by atoms with Gasteiger partial charge in [0.15, 0.2) is 17.6 Å². The largest absolute Gasteiger partial charge is 0.492 e. The van der Waals surface area contributed by atoms with Crippen LogP contribution in [-0.4, -0.2) is 55.8 Å². The molecule has 1 fully saturated rings. The predicted molar refractivity (Wildman–Crippen MR) is 109 cm³/mol. The summed E-state index contributed by atoms with van der Waals surface area (Å²) in [7, 11) is 1.37. The number of nitrogens with zero attached hydrogens (tertiary/aromatic N) is 1. The fourth-order valence-corrected chi connectivity index (χ4v) is 4.43. The van der Waals surface area contributed by atoms with Crippen molar-refractivity contribution in [1.29, 1.82) is 0 Å². The van der Waals surface area contributed by atoms with Crippen LogP contribution in [0.5, 0.6) is 11.5 Å². The minimum Gasteiger partial charge on any atom is -0.492 e. The van der Waals surface area contributed by atoms with Crippen LogP contribution in [-0.2, 0) is 19.1 Å². The summed E-state index contributed by atoms with van der Waals surface area (Å²) < 4.78 is 22.5. The average molecular weight is 415 g/mol. The van der Waals surface area contributed by atoms with Crippen LogP contribution in [0.4, 0.5) is 0 Å². The molecule has 1 saturated carbocycles. The number of methoxy groups -OCH3 is 1. The number of hydrogen-bond donors (Lipinski definition) is 0. The molecule has 0 N–H and O–H groups in total. The Morgan fingerprint density at radius 3 is 2.73 bits per heavy atom. The Hall–Kier alpha value is -2.70. The standard InChI is InChI=1S/C23H29NO6/c1-27-23(26)19(11-16-7-3-2-4-8-16)24-13-17(12-22(24)25)28-14-18-15-29-20-9-5-6-10-21(20)30-18/h5-6,9-10,12,16,18-19H,2-4,7-8,11,13-15H2,1H3/t18?,19-/m0/s1. The molecule has 1 aromatic rings. The van der Waals surface area contributed by atoms with E-state index in [4.69, 9.17) is 18.9 Å². The van der Waals surface area contributed by atoms with E-state index in [9.17, 15) is 9.59 Å². The van der Waals surface area contributed by atoms with Crippen LogP contribution in [0.1, 0.15) is 38.5 Å². The maximum absolute atomic E-state index is 12.6. The lowest BCUT2D eigenvalue weighted by Crippen LogP contribution is -2.44. The highest BCUT2D eigenvalue weighted by atomic mass is 16.6. The van der Waals surface area contributed by atoms with Crippen molar-refractivity contribution in [1.82, 2.24) is 4.90 Å². The van der Waals surface area contributed by atoms with Crippen molar-refractivity contribution in [2.75, 3.05) is 26.9 Å². The summed E-state index contributed by atoms with van der Waals surface area (Å²) in [6.45, 7) is 0.927. The fourth-order valence-electron chi connectivity index (χ4n) is 4.43.